The van der Waals surface area contributed by atoms with Gasteiger partial charge in [0.25, 0.3) is 0 Å². The van der Waals surface area contributed by atoms with Crippen LogP contribution in [0, 0.1) is 11.3 Å². The summed E-state index contributed by atoms with van der Waals surface area (Å²) in [6, 6.07) is 10.7. The van der Waals surface area contributed by atoms with Gasteiger partial charge in [-0.15, -0.1) is 11.3 Å². The van der Waals surface area contributed by atoms with Crippen molar-refractivity contribution < 1.29 is 9.53 Å². The van der Waals surface area contributed by atoms with Crippen LogP contribution in [-0.2, 0) is 17.6 Å². The summed E-state index contributed by atoms with van der Waals surface area (Å²) >= 11 is 1.58. The van der Waals surface area contributed by atoms with Crippen LogP contribution in [0.25, 0.3) is 0 Å². The Balaban J connectivity index is 1.48. The Morgan fingerprint density at radius 2 is 2.07 bits per heavy atom. The van der Waals surface area contributed by atoms with Gasteiger partial charge in [-0.05, 0) is 61.9 Å². The van der Waals surface area contributed by atoms with Crippen molar-refractivity contribution in [2.24, 2.45) is 0 Å². The number of methoxy groups -OCH3 is 1. The summed E-state index contributed by atoms with van der Waals surface area (Å²) in [7, 11) is 1.67. The minimum atomic E-state index is -0.0261. The molecule has 1 N–H and O–H groups in total. The first-order chi connectivity index (χ1) is 14.2. The monoisotopic (exact) mass is 409 g/mol. The number of benzene rings is 1. The number of carbonyl (C=O) groups excluding carboxylic acids is 1. The normalized spacial score (nSPS) is 19.2. The number of nitrogens with zero attached hydrogens (tertiary/aromatic N) is 2. The van der Waals surface area contributed by atoms with Gasteiger partial charge in [0.1, 0.15) is 16.8 Å². The fraction of sp³-hybridized carbons (Fsp3) is 0.478. The summed E-state index contributed by atoms with van der Waals surface area (Å²) in [5, 5.41) is 13.3. The number of carbonyl (C=O) groups is 1. The molecule has 1 saturated heterocycles. The lowest BCUT2D eigenvalue weighted by molar-refractivity contribution is -0.117. The van der Waals surface area contributed by atoms with Crippen LogP contribution in [0.1, 0.15) is 59.7 Å². The minimum absolute atomic E-state index is 0.0261. The molecule has 2 aliphatic rings. The Hall–Kier alpha value is -2.36. The van der Waals surface area contributed by atoms with Gasteiger partial charge in [0.15, 0.2) is 0 Å². The van der Waals surface area contributed by atoms with Gasteiger partial charge in [-0.2, -0.15) is 5.26 Å². The quantitative estimate of drug-likeness (QED) is 0.779. The number of amides is 1. The maximum absolute atomic E-state index is 12.9. The lowest BCUT2D eigenvalue weighted by atomic mass is 10.0. The first-order valence-electron chi connectivity index (χ1n) is 10.4. The van der Waals surface area contributed by atoms with Gasteiger partial charge < -0.3 is 10.1 Å². The SMILES string of the molecule is COc1ccc([C@@H]2CCCCCN2CC(=O)Nc2sc3c(c2C#N)CCC3)cc1. The van der Waals surface area contributed by atoms with Gasteiger partial charge >= 0.3 is 0 Å². The number of anilines is 1. The molecule has 6 heteroatoms. The van der Waals surface area contributed by atoms with E-state index in [9.17, 15) is 10.1 Å². The Kier molecular flexibility index (Phi) is 6.17. The van der Waals surface area contributed by atoms with Crippen LogP contribution >= 0.6 is 11.3 Å². The zero-order chi connectivity index (χ0) is 20.2. The molecule has 1 atom stereocenters. The van der Waals surface area contributed by atoms with Crippen LogP contribution in [0.5, 0.6) is 5.75 Å². The Morgan fingerprint density at radius 3 is 2.83 bits per heavy atom. The maximum atomic E-state index is 12.9. The highest BCUT2D eigenvalue weighted by molar-refractivity contribution is 7.16. The third kappa shape index (κ3) is 4.31. The lowest BCUT2D eigenvalue weighted by Crippen LogP contribution is -2.36. The molecule has 2 aromatic rings. The second kappa shape index (κ2) is 8.98. The molecule has 5 nitrogen and oxygen atoms in total. The van der Waals surface area contributed by atoms with Crippen molar-refractivity contribution in [3.63, 3.8) is 0 Å². The number of aryl methyl sites for hydroxylation is 1. The van der Waals surface area contributed by atoms with Crippen molar-refractivity contribution in [2.75, 3.05) is 25.5 Å². The van der Waals surface area contributed by atoms with E-state index >= 15 is 0 Å². The predicted molar refractivity (Wildman–Crippen MR) is 115 cm³/mol. The van der Waals surface area contributed by atoms with E-state index in [4.69, 9.17) is 4.74 Å². The van der Waals surface area contributed by atoms with Crippen molar-refractivity contribution in [1.29, 1.82) is 5.26 Å². The third-order valence-electron chi connectivity index (χ3n) is 6.00. The Morgan fingerprint density at radius 1 is 1.24 bits per heavy atom. The van der Waals surface area contributed by atoms with E-state index < -0.39 is 0 Å². The number of nitriles is 1. The average Bonchev–Trinajstić information content (AvgIpc) is 3.22. The van der Waals surface area contributed by atoms with E-state index in [0.29, 0.717) is 12.1 Å². The highest BCUT2D eigenvalue weighted by atomic mass is 32.1. The smallest absolute Gasteiger partial charge is 0.239 e. The summed E-state index contributed by atoms with van der Waals surface area (Å²) in [5.41, 5.74) is 3.06. The molecule has 1 aromatic carbocycles. The zero-order valence-corrected chi connectivity index (χ0v) is 17.7. The Labute approximate surface area is 176 Å². The molecule has 4 rings (SSSR count). The predicted octanol–water partition coefficient (Wildman–Crippen LogP) is 4.67. The van der Waals surface area contributed by atoms with E-state index in [0.717, 1.165) is 55.0 Å². The number of thiophene rings is 1. The molecular weight excluding hydrogens is 382 g/mol. The van der Waals surface area contributed by atoms with Crippen molar-refractivity contribution in [2.45, 2.75) is 51.0 Å². The highest BCUT2D eigenvalue weighted by Gasteiger charge is 2.27. The Bertz CT molecular complexity index is 913. The van der Waals surface area contributed by atoms with E-state index in [2.05, 4.69) is 28.4 Å². The number of likely N-dealkylation sites (tertiary alicyclic amines) is 1. The number of rotatable bonds is 5. The van der Waals surface area contributed by atoms with E-state index in [-0.39, 0.29) is 11.9 Å². The first-order valence-corrected chi connectivity index (χ1v) is 11.2. The fourth-order valence-corrected chi connectivity index (χ4v) is 5.78. The minimum Gasteiger partial charge on any atom is -0.497 e. The van der Waals surface area contributed by atoms with Crippen molar-refractivity contribution >= 4 is 22.2 Å². The standard InChI is InChI=1S/C23H27N3O2S/c1-28-17-11-9-16(10-12-17)20-7-3-2-4-13-26(20)15-22(27)25-23-19(14-24)18-6-5-8-21(18)29-23/h9-12,20H,2-8,13,15H2,1H3,(H,25,27)/t20-/m0/s1. The lowest BCUT2D eigenvalue weighted by Gasteiger charge is -2.29. The first kappa shape index (κ1) is 19.9. The summed E-state index contributed by atoms with van der Waals surface area (Å²) < 4.78 is 5.28. The number of fused-ring (bicyclic) bond motifs is 1. The second-order valence-corrected chi connectivity index (χ2v) is 8.94. The van der Waals surface area contributed by atoms with Crippen LogP contribution in [0.3, 0.4) is 0 Å². The largest absolute Gasteiger partial charge is 0.497 e. The molecular formula is C23H27N3O2S. The summed E-state index contributed by atoms with van der Waals surface area (Å²) in [5.74, 6) is 0.822. The van der Waals surface area contributed by atoms with Gasteiger partial charge in [0.05, 0.1) is 19.2 Å². The molecule has 0 bridgehead atoms. The third-order valence-corrected chi connectivity index (χ3v) is 7.20. The van der Waals surface area contributed by atoms with Crippen LogP contribution in [0.4, 0.5) is 5.00 Å². The summed E-state index contributed by atoms with van der Waals surface area (Å²) in [4.78, 5) is 16.4. The molecule has 2 heterocycles. The second-order valence-electron chi connectivity index (χ2n) is 7.83. The number of hydrogen-bond acceptors (Lipinski definition) is 5. The summed E-state index contributed by atoms with van der Waals surface area (Å²) in [6.07, 6.45) is 7.62. The van der Waals surface area contributed by atoms with E-state index in [1.165, 1.54) is 23.3 Å². The van der Waals surface area contributed by atoms with Crippen LogP contribution in [0.2, 0.25) is 0 Å². The summed E-state index contributed by atoms with van der Waals surface area (Å²) in [6.45, 7) is 1.26. The topological polar surface area (TPSA) is 65.4 Å². The van der Waals surface area contributed by atoms with Gasteiger partial charge in [0.2, 0.25) is 5.91 Å². The molecule has 1 fully saturated rings. The van der Waals surface area contributed by atoms with Crippen molar-refractivity contribution in [3.8, 4) is 11.8 Å². The van der Waals surface area contributed by atoms with E-state index in [1.54, 1.807) is 18.4 Å². The number of ether oxygens (including phenoxy) is 1. The zero-order valence-electron chi connectivity index (χ0n) is 16.9. The molecule has 0 unspecified atom stereocenters. The molecule has 1 aromatic heterocycles. The number of nitrogens with one attached hydrogen (secondary N) is 1. The van der Waals surface area contributed by atoms with Crippen molar-refractivity contribution in [1.82, 2.24) is 4.90 Å². The highest BCUT2D eigenvalue weighted by Crippen LogP contribution is 2.38. The van der Waals surface area contributed by atoms with Gasteiger partial charge in [-0.3, -0.25) is 9.69 Å². The molecule has 0 spiro atoms. The van der Waals surface area contributed by atoms with Gasteiger partial charge in [0, 0.05) is 10.9 Å². The van der Waals surface area contributed by atoms with Gasteiger partial charge in [-0.25, -0.2) is 0 Å². The molecule has 1 aliphatic heterocycles. The van der Waals surface area contributed by atoms with Crippen molar-refractivity contribution in [3.05, 3.63) is 45.8 Å². The average molecular weight is 410 g/mol. The number of hydrogen-bond donors (Lipinski definition) is 1. The molecule has 152 valence electrons. The maximum Gasteiger partial charge on any atom is 0.239 e. The van der Waals surface area contributed by atoms with Crippen LogP contribution in [0.15, 0.2) is 24.3 Å². The molecule has 0 saturated carbocycles. The molecule has 1 aliphatic carbocycles. The van der Waals surface area contributed by atoms with E-state index in [1.807, 2.05) is 12.1 Å². The molecule has 29 heavy (non-hydrogen) atoms. The fourth-order valence-electron chi connectivity index (χ4n) is 4.52. The van der Waals surface area contributed by atoms with Crippen LogP contribution in [-0.4, -0.2) is 31.0 Å². The molecule has 0 radical (unpaired) electrons. The molecule has 1 amide bonds. The van der Waals surface area contributed by atoms with Gasteiger partial charge in [-0.1, -0.05) is 25.0 Å². The van der Waals surface area contributed by atoms with Crippen LogP contribution < -0.4 is 10.1 Å².